The summed E-state index contributed by atoms with van der Waals surface area (Å²) in [6, 6.07) is 11.2. The molecule has 1 atom stereocenters. The van der Waals surface area contributed by atoms with E-state index in [1.165, 1.54) is 0 Å². The molecule has 0 bridgehead atoms. The van der Waals surface area contributed by atoms with Crippen LogP contribution in [-0.2, 0) is 4.79 Å². The van der Waals surface area contributed by atoms with Gasteiger partial charge in [-0.05, 0) is 75.4 Å². The van der Waals surface area contributed by atoms with E-state index in [-0.39, 0.29) is 11.8 Å². The van der Waals surface area contributed by atoms with Crippen LogP contribution in [-0.4, -0.2) is 35.9 Å². The van der Waals surface area contributed by atoms with E-state index < -0.39 is 6.10 Å². The van der Waals surface area contributed by atoms with Crippen LogP contribution in [0.3, 0.4) is 0 Å². The molecule has 2 aromatic rings. The number of carbonyl (C=O) groups excluding carboxylic acids is 2. The number of rotatable bonds is 5. The average molecular weight is 380 g/mol. The highest BCUT2D eigenvalue weighted by atomic mass is 16.5. The fourth-order valence-electron chi connectivity index (χ4n) is 3.47. The van der Waals surface area contributed by atoms with E-state index in [1.54, 1.807) is 19.1 Å². The number of likely N-dealkylation sites (tertiary alicyclic amines) is 1. The lowest BCUT2D eigenvalue weighted by atomic mass is 10.1. The highest BCUT2D eigenvalue weighted by Gasteiger charge is 2.24. The van der Waals surface area contributed by atoms with E-state index in [2.05, 4.69) is 11.4 Å². The third kappa shape index (κ3) is 4.35. The molecule has 0 aromatic heterocycles. The Morgan fingerprint density at radius 1 is 1.07 bits per heavy atom. The summed E-state index contributed by atoms with van der Waals surface area (Å²) in [6.45, 7) is 9.28. The van der Waals surface area contributed by atoms with Crippen molar-refractivity contribution < 1.29 is 14.3 Å². The third-order valence-corrected chi connectivity index (χ3v) is 5.25. The molecule has 148 valence electrons. The third-order valence-electron chi connectivity index (χ3n) is 5.25. The summed E-state index contributed by atoms with van der Waals surface area (Å²) in [5, 5.41) is 2.87. The molecule has 1 aliphatic heterocycles. The maximum Gasteiger partial charge on any atom is 0.265 e. The number of carbonyl (C=O) groups is 2. The number of nitrogens with one attached hydrogen (secondary N) is 1. The molecular formula is C23H28N2O3. The predicted molar refractivity (Wildman–Crippen MR) is 111 cm³/mol. The number of nitrogens with zero attached hydrogens (tertiary/aromatic N) is 1. The zero-order chi connectivity index (χ0) is 20.3. The van der Waals surface area contributed by atoms with Crippen molar-refractivity contribution >= 4 is 17.5 Å². The SMILES string of the molecule is Cc1cc(C)c(C)c(O[C@H](C)C(=O)Nc2ccccc2C(=O)N2CCCC2)c1. The summed E-state index contributed by atoms with van der Waals surface area (Å²) in [6.07, 6.45) is 1.37. The minimum Gasteiger partial charge on any atom is -0.481 e. The largest absolute Gasteiger partial charge is 0.481 e. The topological polar surface area (TPSA) is 58.6 Å². The Kier molecular flexibility index (Phi) is 6.02. The molecule has 5 heteroatoms. The molecule has 1 aliphatic rings. The summed E-state index contributed by atoms with van der Waals surface area (Å²) in [5.74, 6) is 0.397. The molecule has 2 aromatic carbocycles. The Morgan fingerprint density at radius 3 is 2.46 bits per heavy atom. The van der Waals surface area contributed by atoms with Crippen LogP contribution in [0, 0.1) is 20.8 Å². The summed E-state index contributed by atoms with van der Waals surface area (Å²) < 4.78 is 5.93. The van der Waals surface area contributed by atoms with Crippen molar-refractivity contribution in [1.82, 2.24) is 4.90 Å². The first-order valence-corrected chi connectivity index (χ1v) is 9.80. The smallest absolute Gasteiger partial charge is 0.265 e. The minimum absolute atomic E-state index is 0.0351. The summed E-state index contributed by atoms with van der Waals surface area (Å²) in [7, 11) is 0. The molecule has 0 radical (unpaired) electrons. The monoisotopic (exact) mass is 380 g/mol. The molecule has 1 N–H and O–H groups in total. The van der Waals surface area contributed by atoms with E-state index in [9.17, 15) is 9.59 Å². The molecule has 1 heterocycles. The predicted octanol–water partition coefficient (Wildman–Crippen LogP) is 4.25. The number of anilines is 1. The summed E-state index contributed by atoms with van der Waals surface area (Å²) >= 11 is 0. The Labute approximate surface area is 166 Å². The van der Waals surface area contributed by atoms with Gasteiger partial charge in [0.2, 0.25) is 0 Å². The van der Waals surface area contributed by atoms with E-state index in [4.69, 9.17) is 4.74 Å². The van der Waals surface area contributed by atoms with Crippen LogP contribution in [0.2, 0.25) is 0 Å². The van der Waals surface area contributed by atoms with Crippen LogP contribution in [0.4, 0.5) is 5.69 Å². The molecule has 5 nitrogen and oxygen atoms in total. The van der Waals surface area contributed by atoms with E-state index >= 15 is 0 Å². The van der Waals surface area contributed by atoms with Crippen LogP contribution in [0.25, 0.3) is 0 Å². The van der Waals surface area contributed by atoms with Crippen molar-refractivity contribution in [3.05, 3.63) is 58.7 Å². The normalized spacial score (nSPS) is 14.6. The van der Waals surface area contributed by atoms with Gasteiger partial charge in [-0.1, -0.05) is 18.2 Å². The van der Waals surface area contributed by atoms with Crippen molar-refractivity contribution in [2.24, 2.45) is 0 Å². The van der Waals surface area contributed by atoms with Crippen molar-refractivity contribution in [2.75, 3.05) is 18.4 Å². The fraction of sp³-hybridized carbons (Fsp3) is 0.391. The number of hydrogen-bond acceptors (Lipinski definition) is 3. The molecule has 28 heavy (non-hydrogen) atoms. The van der Waals surface area contributed by atoms with Crippen LogP contribution in [0.1, 0.15) is 46.8 Å². The van der Waals surface area contributed by atoms with Gasteiger partial charge in [0.05, 0.1) is 11.3 Å². The maximum atomic E-state index is 12.8. The zero-order valence-electron chi connectivity index (χ0n) is 17.0. The van der Waals surface area contributed by atoms with Crippen LogP contribution in [0.15, 0.2) is 36.4 Å². The molecule has 0 aliphatic carbocycles. The number of para-hydroxylation sites is 1. The number of amides is 2. The highest BCUT2D eigenvalue weighted by Crippen LogP contribution is 2.25. The molecule has 3 rings (SSSR count). The van der Waals surface area contributed by atoms with Crippen LogP contribution >= 0.6 is 0 Å². The lowest BCUT2D eigenvalue weighted by Crippen LogP contribution is -2.32. The molecule has 2 amide bonds. The Hall–Kier alpha value is -2.82. The molecule has 1 fully saturated rings. The second-order valence-corrected chi connectivity index (χ2v) is 7.50. The summed E-state index contributed by atoms with van der Waals surface area (Å²) in [5.41, 5.74) is 4.29. The Bertz CT molecular complexity index is 885. The van der Waals surface area contributed by atoms with Crippen molar-refractivity contribution in [3.63, 3.8) is 0 Å². The van der Waals surface area contributed by atoms with E-state index in [1.807, 2.05) is 43.9 Å². The van der Waals surface area contributed by atoms with Gasteiger partial charge in [-0.25, -0.2) is 0 Å². The second-order valence-electron chi connectivity index (χ2n) is 7.50. The minimum atomic E-state index is -0.685. The number of aryl methyl sites for hydroxylation is 2. The lowest BCUT2D eigenvalue weighted by molar-refractivity contribution is -0.122. The number of hydrogen-bond donors (Lipinski definition) is 1. The summed E-state index contributed by atoms with van der Waals surface area (Å²) in [4.78, 5) is 27.3. The number of benzene rings is 2. The van der Waals surface area contributed by atoms with Crippen molar-refractivity contribution in [1.29, 1.82) is 0 Å². The van der Waals surface area contributed by atoms with Gasteiger partial charge in [-0.3, -0.25) is 9.59 Å². The fourth-order valence-corrected chi connectivity index (χ4v) is 3.47. The first-order valence-electron chi connectivity index (χ1n) is 9.80. The molecule has 0 unspecified atom stereocenters. The van der Waals surface area contributed by atoms with Crippen molar-refractivity contribution in [2.45, 2.75) is 46.6 Å². The van der Waals surface area contributed by atoms with Gasteiger partial charge in [-0.2, -0.15) is 0 Å². The zero-order valence-corrected chi connectivity index (χ0v) is 17.0. The van der Waals surface area contributed by atoms with Gasteiger partial charge in [0.25, 0.3) is 11.8 Å². The Morgan fingerprint density at radius 2 is 1.75 bits per heavy atom. The molecule has 0 spiro atoms. The average Bonchev–Trinajstić information content (AvgIpc) is 3.20. The van der Waals surface area contributed by atoms with E-state index in [0.29, 0.717) is 17.0 Å². The van der Waals surface area contributed by atoms with Crippen LogP contribution in [0.5, 0.6) is 5.75 Å². The second kappa shape index (κ2) is 8.46. The van der Waals surface area contributed by atoms with Gasteiger partial charge in [0.15, 0.2) is 6.10 Å². The van der Waals surface area contributed by atoms with Gasteiger partial charge >= 0.3 is 0 Å². The molecule has 0 saturated carbocycles. The Balaban J connectivity index is 1.73. The van der Waals surface area contributed by atoms with Crippen molar-refractivity contribution in [3.8, 4) is 5.75 Å². The standard InChI is InChI=1S/C23H28N2O3/c1-15-13-16(2)17(3)21(14-15)28-18(4)22(26)24-20-10-6-5-9-19(20)23(27)25-11-7-8-12-25/h5-6,9-10,13-14,18H,7-8,11-12H2,1-4H3,(H,24,26)/t18-/m1/s1. The maximum absolute atomic E-state index is 12.8. The van der Waals surface area contributed by atoms with Gasteiger partial charge in [0.1, 0.15) is 5.75 Å². The van der Waals surface area contributed by atoms with Crippen LogP contribution < -0.4 is 10.1 Å². The first-order chi connectivity index (χ1) is 13.4. The molecular weight excluding hydrogens is 352 g/mol. The highest BCUT2D eigenvalue weighted by molar-refractivity contribution is 6.04. The van der Waals surface area contributed by atoms with Gasteiger partial charge in [-0.15, -0.1) is 0 Å². The van der Waals surface area contributed by atoms with Gasteiger partial charge in [0, 0.05) is 13.1 Å². The lowest BCUT2D eigenvalue weighted by Gasteiger charge is -2.20. The van der Waals surface area contributed by atoms with Gasteiger partial charge < -0.3 is 15.0 Å². The number of ether oxygens (including phenoxy) is 1. The molecule has 1 saturated heterocycles. The quantitative estimate of drug-likeness (QED) is 0.843. The van der Waals surface area contributed by atoms with E-state index in [0.717, 1.165) is 42.6 Å². The first kappa shape index (κ1) is 19.9.